The van der Waals surface area contributed by atoms with Crippen LogP contribution in [-0.2, 0) is 17.8 Å². The zero-order valence-electron chi connectivity index (χ0n) is 17.1. The van der Waals surface area contributed by atoms with Gasteiger partial charge in [0.1, 0.15) is 22.2 Å². The van der Waals surface area contributed by atoms with Crippen LogP contribution in [0.4, 0.5) is 13.2 Å². The molecule has 0 fully saturated rings. The summed E-state index contributed by atoms with van der Waals surface area (Å²) in [5.41, 5.74) is 6.32. The van der Waals surface area contributed by atoms with Gasteiger partial charge in [0.05, 0.1) is 16.6 Å². The Balaban J connectivity index is 1.55. The van der Waals surface area contributed by atoms with Crippen LogP contribution in [0.2, 0.25) is 10.0 Å². The van der Waals surface area contributed by atoms with Crippen LogP contribution in [0.25, 0.3) is 0 Å². The van der Waals surface area contributed by atoms with E-state index >= 15 is 0 Å². The molecule has 1 aromatic heterocycles. The number of hydrogen-bond acceptors (Lipinski definition) is 6. The van der Waals surface area contributed by atoms with Crippen molar-refractivity contribution in [3.63, 3.8) is 0 Å². The van der Waals surface area contributed by atoms with Crippen LogP contribution in [0.15, 0.2) is 42.5 Å². The molecule has 0 aliphatic carbocycles. The number of primary amides is 1. The largest absolute Gasteiger partial charge is 0.573 e. The van der Waals surface area contributed by atoms with Crippen LogP contribution in [0, 0.1) is 0 Å². The van der Waals surface area contributed by atoms with Gasteiger partial charge in [0.2, 0.25) is 0 Å². The second-order valence-electron chi connectivity index (χ2n) is 6.75. The Bertz CT molecular complexity index is 1190. The van der Waals surface area contributed by atoms with E-state index in [4.69, 9.17) is 33.7 Å². The van der Waals surface area contributed by atoms with E-state index in [0.717, 1.165) is 17.7 Å². The molecule has 1 heterocycles. The van der Waals surface area contributed by atoms with E-state index in [1.54, 1.807) is 18.2 Å². The molecule has 2 amide bonds. The first-order valence-electron chi connectivity index (χ1n) is 9.48. The molecule has 13 heteroatoms. The van der Waals surface area contributed by atoms with Crippen molar-refractivity contribution in [2.24, 2.45) is 5.73 Å². The van der Waals surface area contributed by atoms with Crippen LogP contribution in [0.3, 0.4) is 0 Å². The van der Waals surface area contributed by atoms with Crippen LogP contribution in [0.5, 0.6) is 11.5 Å². The molecule has 0 spiro atoms. The Labute approximate surface area is 205 Å². The number of nitrogens with two attached hydrogens (primary N) is 1. The summed E-state index contributed by atoms with van der Waals surface area (Å²) in [7, 11) is 0. The van der Waals surface area contributed by atoms with Crippen molar-refractivity contribution in [1.29, 1.82) is 0 Å². The van der Waals surface area contributed by atoms with Crippen molar-refractivity contribution in [3.8, 4) is 11.5 Å². The Hall–Kier alpha value is -3.02. The van der Waals surface area contributed by atoms with Gasteiger partial charge in [-0.25, -0.2) is 4.98 Å². The quantitative estimate of drug-likeness (QED) is 0.413. The summed E-state index contributed by atoms with van der Waals surface area (Å²) in [5.74, 6) is -1.43. The predicted molar refractivity (Wildman–Crippen MR) is 120 cm³/mol. The molecule has 3 N–H and O–H groups in total. The number of hydrogen-bond donors (Lipinski definition) is 2. The van der Waals surface area contributed by atoms with E-state index in [-0.39, 0.29) is 24.6 Å². The lowest BCUT2D eigenvalue weighted by Gasteiger charge is -2.10. The first-order chi connectivity index (χ1) is 16.0. The average molecular weight is 534 g/mol. The molecule has 2 aromatic carbocycles. The van der Waals surface area contributed by atoms with Crippen molar-refractivity contribution in [2.45, 2.75) is 19.3 Å². The molecule has 0 radical (unpaired) electrons. The topological polar surface area (TPSA) is 104 Å². The molecule has 0 bridgehead atoms. The summed E-state index contributed by atoms with van der Waals surface area (Å²) >= 11 is 13.2. The van der Waals surface area contributed by atoms with Gasteiger partial charge in [0.25, 0.3) is 11.8 Å². The van der Waals surface area contributed by atoms with E-state index in [1.807, 2.05) is 0 Å². The Morgan fingerprint density at radius 3 is 2.35 bits per heavy atom. The number of aromatic nitrogens is 1. The minimum absolute atomic E-state index is 0.0207. The number of carbonyl (C=O) groups excluding carboxylic acids is 2. The molecule has 0 atom stereocenters. The van der Waals surface area contributed by atoms with E-state index in [1.165, 1.54) is 23.5 Å². The highest BCUT2D eigenvalue weighted by Crippen LogP contribution is 2.27. The first-order valence-corrected chi connectivity index (χ1v) is 11.0. The minimum atomic E-state index is -4.80. The maximum atomic E-state index is 12.2. The van der Waals surface area contributed by atoms with Gasteiger partial charge >= 0.3 is 6.36 Å². The van der Waals surface area contributed by atoms with Crippen molar-refractivity contribution in [3.05, 3.63) is 73.7 Å². The van der Waals surface area contributed by atoms with Gasteiger partial charge in [-0.2, -0.15) is 0 Å². The van der Waals surface area contributed by atoms with Crippen molar-refractivity contribution < 1.29 is 32.2 Å². The van der Waals surface area contributed by atoms with Crippen molar-refractivity contribution >= 4 is 46.4 Å². The maximum Gasteiger partial charge on any atom is 0.573 e. The number of amides is 2. The van der Waals surface area contributed by atoms with Gasteiger partial charge in [-0.3, -0.25) is 9.59 Å². The Kier molecular flexibility index (Phi) is 8.24. The summed E-state index contributed by atoms with van der Waals surface area (Å²) in [6.07, 6.45) is -4.45. The maximum absolute atomic E-state index is 12.2. The normalized spacial score (nSPS) is 11.2. The van der Waals surface area contributed by atoms with Gasteiger partial charge < -0.3 is 20.5 Å². The van der Waals surface area contributed by atoms with Crippen LogP contribution < -0.4 is 20.5 Å². The molecule has 34 heavy (non-hydrogen) atoms. The van der Waals surface area contributed by atoms with Gasteiger partial charge in [-0.05, 0) is 42.0 Å². The molecular weight excluding hydrogens is 518 g/mol. The molecule has 180 valence electrons. The smallest absolute Gasteiger partial charge is 0.484 e. The highest BCUT2D eigenvalue weighted by Gasteiger charge is 2.31. The monoisotopic (exact) mass is 533 g/mol. The first kappa shape index (κ1) is 25.6. The van der Waals surface area contributed by atoms with Gasteiger partial charge in [0.15, 0.2) is 6.61 Å². The third-order valence-corrected chi connectivity index (χ3v) is 5.98. The van der Waals surface area contributed by atoms with Crippen molar-refractivity contribution in [2.75, 3.05) is 6.61 Å². The van der Waals surface area contributed by atoms with Crippen LogP contribution in [-0.4, -0.2) is 29.8 Å². The number of carbonyl (C=O) groups is 2. The molecule has 0 unspecified atom stereocenters. The van der Waals surface area contributed by atoms with E-state index < -0.39 is 23.9 Å². The minimum Gasteiger partial charge on any atom is -0.484 e. The number of nitrogens with one attached hydrogen (secondary N) is 1. The van der Waals surface area contributed by atoms with Crippen LogP contribution >= 0.6 is 34.5 Å². The van der Waals surface area contributed by atoms with E-state index in [0.29, 0.717) is 26.4 Å². The fraction of sp³-hybridized carbons (Fsp3) is 0.190. The molecular formula is C21H16Cl2F3N3O4S. The average Bonchev–Trinajstić information content (AvgIpc) is 3.16. The summed E-state index contributed by atoms with van der Waals surface area (Å²) in [6.45, 7) is -0.365. The third-order valence-electron chi connectivity index (χ3n) is 4.19. The summed E-state index contributed by atoms with van der Waals surface area (Å²) in [5, 5.41) is 3.82. The van der Waals surface area contributed by atoms with E-state index in [9.17, 15) is 22.8 Å². The lowest BCUT2D eigenvalue weighted by Crippen LogP contribution is -2.28. The number of benzene rings is 2. The number of alkyl halides is 3. The number of rotatable bonds is 9. The highest BCUT2D eigenvalue weighted by molar-refractivity contribution is 7.12. The SMILES string of the molecule is NC(=O)c1nc(CNC(=O)COc2ccc(OC(F)(F)F)cc2)sc1Cc1ccc(Cl)c(Cl)c1. The van der Waals surface area contributed by atoms with Crippen molar-refractivity contribution in [1.82, 2.24) is 10.3 Å². The predicted octanol–water partition coefficient (Wildman–Crippen LogP) is 4.73. The molecule has 3 rings (SSSR count). The lowest BCUT2D eigenvalue weighted by atomic mass is 10.1. The Morgan fingerprint density at radius 2 is 1.74 bits per heavy atom. The summed E-state index contributed by atoms with van der Waals surface area (Å²) in [6, 6.07) is 9.69. The van der Waals surface area contributed by atoms with Gasteiger partial charge in [-0.15, -0.1) is 24.5 Å². The molecule has 0 aliphatic heterocycles. The molecule has 0 aliphatic rings. The molecule has 0 saturated heterocycles. The van der Waals surface area contributed by atoms with Gasteiger partial charge in [0, 0.05) is 11.3 Å². The fourth-order valence-corrected chi connectivity index (χ4v) is 4.10. The van der Waals surface area contributed by atoms with Gasteiger partial charge in [-0.1, -0.05) is 29.3 Å². The number of halogens is 5. The number of thiazole rings is 1. The lowest BCUT2D eigenvalue weighted by molar-refractivity contribution is -0.274. The second kappa shape index (κ2) is 10.9. The molecule has 0 saturated carbocycles. The third kappa shape index (κ3) is 7.51. The number of nitrogens with zero attached hydrogens (tertiary/aromatic N) is 1. The van der Waals surface area contributed by atoms with E-state index in [2.05, 4.69) is 15.0 Å². The fourth-order valence-electron chi connectivity index (χ4n) is 2.73. The molecule has 3 aromatic rings. The second-order valence-corrected chi connectivity index (χ2v) is 8.74. The Morgan fingerprint density at radius 1 is 1.06 bits per heavy atom. The summed E-state index contributed by atoms with van der Waals surface area (Å²) in [4.78, 5) is 28.7. The van der Waals surface area contributed by atoms with Crippen LogP contribution in [0.1, 0.15) is 25.9 Å². The zero-order chi connectivity index (χ0) is 24.9. The standard InChI is InChI=1S/C21H16Cl2F3N3O4S/c22-14-6-1-11(7-15(14)23)8-16-19(20(27)31)29-18(34-16)9-28-17(30)10-32-12-2-4-13(5-3-12)33-21(24,25)26/h1-7H,8-10H2,(H2,27,31)(H,28,30). The highest BCUT2D eigenvalue weighted by atomic mass is 35.5. The molecule has 7 nitrogen and oxygen atoms in total. The zero-order valence-corrected chi connectivity index (χ0v) is 19.4. The summed E-state index contributed by atoms with van der Waals surface area (Å²) < 4.78 is 45.6. The number of ether oxygens (including phenoxy) is 2.